The number of benzene rings is 1. The second kappa shape index (κ2) is 4.25. The molecule has 0 heterocycles. The monoisotopic (exact) mass is 301 g/mol. The smallest absolute Gasteiger partial charge is 0.339 e. The first-order valence-electron chi connectivity index (χ1n) is 8.23. The van der Waals surface area contributed by atoms with Gasteiger partial charge in [-0.3, -0.25) is 0 Å². The lowest BCUT2D eigenvalue weighted by molar-refractivity contribution is 0.0693. The Labute approximate surface area is 130 Å². The summed E-state index contributed by atoms with van der Waals surface area (Å²) in [7, 11) is 0. The van der Waals surface area contributed by atoms with E-state index in [2.05, 4.69) is 6.92 Å². The van der Waals surface area contributed by atoms with Crippen LogP contribution in [0.1, 0.15) is 60.5 Å². The molecule has 1 spiro atoms. The highest BCUT2D eigenvalue weighted by atomic mass is 16.4. The number of aromatic hydroxyl groups is 1. The molecule has 4 nitrogen and oxygen atoms in total. The standard InChI is InChI=1S/C18H23NO3/c1-17-8-10-6-11(16(21)22)14(20)7-13(10)18(9-17)5-3-2-4-12(18)15(17)19/h6-7,12,15,20H,2-5,8-9,19H2,1H3,(H,21,22)/t12-,15-,17?,18+/m1/s1. The Kier molecular flexibility index (Phi) is 2.72. The van der Waals surface area contributed by atoms with Gasteiger partial charge < -0.3 is 15.9 Å². The van der Waals surface area contributed by atoms with Crippen LogP contribution in [0.25, 0.3) is 0 Å². The Morgan fingerprint density at radius 3 is 2.86 bits per heavy atom. The van der Waals surface area contributed by atoms with Crippen LogP contribution in [0.2, 0.25) is 0 Å². The molecule has 0 aromatic heterocycles. The van der Waals surface area contributed by atoms with E-state index in [1.54, 1.807) is 12.1 Å². The molecule has 4 atom stereocenters. The average molecular weight is 301 g/mol. The summed E-state index contributed by atoms with van der Waals surface area (Å²) in [5.74, 6) is -0.707. The molecule has 2 fully saturated rings. The molecule has 1 aromatic rings. The van der Waals surface area contributed by atoms with Crippen LogP contribution >= 0.6 is 0 Å². The number of nitrogens with two attached hydrogens (primary N) is 1. The number of hydrogen-bond donors (Lipinski definition) is 3. The van der Waals surface area contributed by atoms with Gasteiger partial charge in [0.1, 0.15) is 11.3 Å². The normalized spacial score (nSPS) is 39.2. The average Bonchev–Trinajstić information content (AvgIpc) is 2.65. The fourth-order valence-corrected chi connectivity index (χ4v) is 5.79. The SMILES string of the molecule is CC12Cc3cc(C(=O)O)c(O)cc3[C@@]3(CCCC[C@@H]3[C@H]1N)C2. The number of phenols is 1. The molecule has 0 saturated heterocycles. The van der Waals surface area contributed by atoms with E-state index in [1.165, 1.54) is 18.4 Å². The van der Waals surface area contributed by atoms with Crippen LogP contribution in [0.5, 0.6) is 5.75 Å². The van der Waals surface area contributed by atoms with Gasteiger partial charge in [0, 0.05) is 11.5 Å². The lowest BCUT2D eigenvalue weighted by Crippen LogP contribution is -2.41. The van der Waals surface area contributed by atoms with Crippen molar-refractivity contribution in [1.29, 1.82) is 0 Å². The Balaban J connectivity index is 1.94. The number of carbonyl (C=O) groups is 1. The molecule has 2 saturated carbocycles. The van der Waals surface area contributed by atoms with Crippen LogP contribution in [0.15, 0.2) is 12.1 Å². The summed E-state index contributed by atoms with van der Waals surface area (Å²) >= 11 is 0. The van der Waals surface area contributed by atoms with E-state index in [-0.39, 0.29) is 28.2 Å². The lowest BCUT2D eigenvalue weighted by Gasteiger charge is -2.44. The first-order valence-corrected chi connectivity index (χ1v) is 8.23. The second-order valence-corrected chi connectivity index (χ2v) is 7.87. The molecule has 2 bridgehead atoms. The summed E-state index contributed by atoms with van der Waals surface area (Å²) in [5, 5.41) is 19.4. The molecule has 4 heteroatoms. The summed E-state index contributed by atoms with van der Waals surface area (Å²) in [5.41, 5.74) is 9.01. The second-order valence-electron chi connectivity index (χ2n) is 7.87. The van der Waals surface area contributed by atoms with Gasteiger partial charge in [-0.2, -0.15) is 0 Å². The van der Waals surface area contributed by atoms with Crippen molar-refractivity contribution < 1.29 is 15.0 Å². The summed E-state index contributed by atoms with van der Waals surface area (Å²) in [6, 6.07) is 3.58. The van der Waals surface area contributed by atoms with Crippen molar-refractivity contribution in [3.8, 4) is 5.75 Å². The topological polar surface area (TPSA) is 83.5 Å². The number of hydrogen-bond acceptors (Lipinski definition) is 3. The molecule has 4 N–H and O–H groups in total. The van der Waals surface area contributed by atoms with Crippen molar-refractivity contribution in [2.75, 3.05) is 0 Å². The zero-order valence-corrected chi connectivity index (χ0v) is 12.9. The quantitative estimate of drug-likeness (QED) is 0.745. The molecule has 3 aliphatic carbocycles. The molecule has 1 unspecified atom stereocenters. The van der Waals surface area contributed by atoms with E-state index < -0.39 is 5.97 Å². The number of carboxylic acid groups (broad SMARTS) is 1. The maximum absolute atomic E-state index is 11.3. The third-order valence-corrected chi connectivity index (χ3v) is 6.64. The van der Waals surface area contributed by atoms with Crippen LogP contribution < -0.4 is 5.73 Å². The lowest BCUT2D eigenvalue weighted by atomic mass is 9.60. The van der Waals surface area contributed by atoms with Gasteiger partial charge >= 0.3 is 5.97 Å². The van der Waals surface area contributed by atoms with Crippen LogP contribution in [0.4, 0.5) is 0 Å². The highest BCUT2D eigenvalue weighted by Gasteiger charge is 2.61. The third-order valence-electron chi connectivity index (χ3n) is 6.64. The summed E-state index contributed by atoms with van der Waals surface area (Å²) in [4.78, 5) is 11.3. The summed E-state index contributed by atoms with van der Waals surface area (Å²) < 4.78 is 0. The zero-order valence-electron chi connectivity index (χ0n) is 12.9. The van der Waals surface area contributed by atoms with Gasteiger partial charge in [-0.1, -0.05) is 19.8 Å². The van der Waals surface area contributed by atoms with Gasteiger partial charge in [0.15, 0.2) is 0 Å². The van der Waals surface area contributed by atoms with E-state index in [9.17, 15) is 15.0 Å². The molecule has 0 aliphatic heterocycles. The fraction of sp³-hybridized carbons (Fsp3) is 0.611. The number of aromatic carboxylic acids is 1. The molecule has 1 aromatic carbocycles. The molecular weight excluding hydrogens is 278 g/mol. The first kappa shape index (κ1) is 14.1. The molecule has 0 amide bonds. The van der Waals surface area contributed by atoms with Crippen molar-refractivity contribution in [1.82, 2.24) is 0 Å². The van der Waals surface area contributed by atoms with Crippen molar-refractivity contribution in [2.24, 2.45) is 17.1 Å². The molecule has 0 radical (unpaired) electrons. The molecule has 4 rings (SSSR count). The van der Waals surface area contributed by atoms with Crippen molar-refractivity contribution >= 4 is 5.97 Å². The Hall–Kier alpha value is -1.55. The maximum Gasteiger partial charge on any atom is 0.339 e. The van der Waals surface area contributed by atoms with Gasteiger partial charge in [-0.05, 0) is 60.3 Å². The van der Waals surface area contributed by atoms with E-state index in [0.29, 0.717) is 5.92 Å². The Bertz CT molecular complexity index is 671. The Morgan fingerprint density at radius 1 is 1.36 bits per heavy atom. The van der Waals surface area contributed by atoms with Gasteiger partial charge in [0.25, 0.3) is 0 Å². The largest absolute Gasteiger partial charge is 0.507 e. The van der Waals surface area contributed by atoms with Crippen LogP contribution in [-0.2, 0) is 11.8 Å². The minimum absolute atomic E-state index is 0.0148. The van der Waals surface area contributed by atoms with Crippen molar-refractivity contribution in [2.45, 2.75) is 56.9 Å². The van der Waals surface area contributed by atoms with Gasteiger partial charge in [-0.25, -0.2) is 4.79 Å². The van der Waals surface area contributed by atoms with E-state index in [0.717, 1.165) is 31.2 Å². The molecule has 22 heavy (non-hydrogen) atoms. The Morgan fingerprint density at radius 2 is 2.14 bits per heavy atom. The predicted octanol–water partition coefficient (Wildman–Crippen LogP) is 2.81. The highest BCUT2D eigenvalue weighted by molar-refractivity contribution is 5.91. The van der Waals surface area contributed by atoms with Gasteiger partial charge in [0.05, 0.1) is 0 Å². The van der Waals surface area contributed by atoms with Crippen LogP contribution in [0, 0.1) is 11.3 Å². The first-order chi connectivity index (χ1) is 10.4. The van der Waals surface area contributed by atoms with Crippen LogP contribution in [-0.4, -0.2) is 22.2 Å². The van der Waals surface area contributed by atoms with E-state index in [4.69, 9.17) is 5.73 Å². The van der Waals surface area contributed by atoms with Crippen molar-refractivity contribution in [3.05, 3.63) is 28.8 Å². The van der Waals surface area contributed by atoms with E-state index >= 15 is 0 Å². The summed E-state index contributed by atoms with van der Waals surface area (Å²) in [6.45, 7) is 2.26. The fourth-order valence-electron chi connectivity index (χ4n) is 5.79. The molecular formula is C18H23NO3. The maximum atomic E-state index is 11.3. The zero-order chi connectivity index (χ0) is 15.7. The van der Waals surface area contributed by atoms with E-state index in [1.807, 2.05) is 0 Å². The minimum atomic E-state index is -1.06. The molecule has 118 valence electrons. The minimum Gasteiger partial charge on any atom is -0.507 e. The van der Waals surface area contributed by atoms with Crippen LogP contribution in [0.3, 0.4) is 0 Å². The molecule has 3 aliphatic rings. The third kappa shape index (κ3) is 1.59. The number of rotatable bonds is 1. The van der Waals surface area contributed by atoms with Gasteiger partial charge in [0.2, 0.25) is 0 Å². The number of carboxylic acids is 1. The number of fused-ring (bicyclic) bond motifs is 2. The predicted molar refractivity (Wildman–Crippen MR) is 83.1 cm³/mol. The summed E-state index contributed by atoms with van der Waals surface area (Å²) in [6.07, 6.45) is 6.58. The van der Waals surface area contributed by atoms with Gasteiger partial charge in [-0.15, -0.1) is 0 Å². The van der Waals surface area contributed by atoms with Crippen molar-refractivity contribution in [3.63, 3.8) is 0 Å². The highest BCUT2D eigenvalue weighted by Crippen LogP contribution is 2.64.